The van der Waals surface area contributed by atoms with Crippen LogP contribution in [0.5, 0.6) is 5.75 Å². The molecule has 5 heteroatoms. The van der Waals surface area contributed by atoms with Crippen LogP contribution in [-0.4, -0.2) is 18.1 Å². The summed E-state index contributed by atoms with van der Waals surface area (Å²) in [4.78, 5) is 4.27. The second kappa shape index (κ2) is 4.61. The average Bonchev–Trinajstić information content (AvgIpc) is 2.72. The van der Waals surface area contributed by atoms with E-state index >= 15 is 0 Å². The molecule has 1 unspecified atom stereocenters. The SMILES string of the molecule is COc1ccccc1C1(O)C(N)=Nc2ccc(Br)cc21. The number of fused-ring (bicyclic) bond motifs is 1. The number of ether oxygens (including phenoxy) is 1. The van der Waals surface area contributed by atoms with Crippen LogP contribution in [0.15, 0.2) is 51.9 Å². The maximum Gasteiger partial charge on any atom is 0.178 e. The molecule has 0 aromatic heterocycles. The highest BCUT2D eigenvalue weighted by Crippen LogP contribution is 2.45. The normalized spacial score (nSPS) is 20.4. The highest BCUT2D eigenvalue weighted by molar-refractivity contribution is 9.10. The second-order valence-electron chi connectivity index (χ2n) is 4.57. The number of benzene rings is 2. The van der Waals surface area contributed by atoms with Crippen LogP contribution in [0.4, 0.5) is 5.69 Å². The smallest absolute Gasteiger partial charge is 0.178 e. The fourth-order valence-electron chi connectivity index (χ4n) is 2.47. The summed E-state index contributed by atoms with van der Waals surface area (Å²) in [6.45, 7) is 0. The Morgan fingerprint density at radius 2 is 1.95 bits per heavy atom. The highest BCUT2D eigenvalue weighted by Gasteiger charge is 2.44. The lowest BCUT2D eigenvalue weighted by Crippen LogP contribution is -2.39. The number of para-hydroxylation sites is 1. The highest BCUT2D eigenvalue weighted by atomic mass is 79.9. The number of amidine groups is 1. The van der Waals surface area contributed by atoms with Crippen molar-refractivity contribution in [2.45, 2.75) is 5.60 Å². The molecule has 1 atom stereocenters. The van der Waals surface area contributed by atoms with Crippen LogP contribution in [-0.2, 0) is 5.60 Å². The molecule has 0 aliphatic carbocycles. The number of methoxy groups -OCH3 is 1. The lowest BCUT2D eigenvalue weighted by molar-refractivity contribution is 0.154. The Hall–Kier alpha value is -1.85. The maximum atomic E-state index is 11.2. The zero-order chi connectivity index (χ0) is 14.3. The number of nitrogens with two attached hydrogens (primary N) is 1. The van der Waals surface area contributed by atoms with Crippen LogP contribution in [0, 0.1) is 0 Å². The molecule has 102 valence electrons. The molecule has 0 saturated heterocycles. The molecule has 2 aromatic rings. The van der Waals surface area contributed by atoms with Gasteiger partial charge in [0.05, 0.1) is 12.8 Å². The molecule has 0 spiro atoms. The first-order valence-electron chi connectivity index (χ1n) is 6.08. The molecule has 1 heterocycles. The Balaban J connectivity index is 2.28. The van der Waals surface area contributed by atoms with Gasteiger partial charge in [0.15, 0.2) is 5.60 Å². The van der Waals surface area contributed by atoms with Gasteiger partial charge < -0.3 is 15.6 Å². The lowest BCUT2D eigenvalue weighted by Gasteiger charge is -2.26. The fraction of sp³-hybridized carbons (Fsp3) is 0.133. The minimum Gasteiger partial charge on any atom is -0.496 e. The fourth-order valence-corrected chi connectivity index (χ4v) is 2.83. The van der Waals surface area contributed by atoms with Crippen molar-refractivity contribution in [2.75, 3.05) is 7.11 Å². The van der Waals surface area contributed by atoms with Crippen molar-refractivity contribution in [3.63, 3.8) is 0 Å². The van der Waals surface area contributed by atoms with E-state index in [0.29, 0.717) is 22.6 Å². The number of nitrogens with zero attached hydrogens (tertiary/aromatic N) is 1. The van der Waals surface area contributed by atoms with Crippen LogP contribution in [0.2, 0.25) is 0 Å². The molecule has 0 radical (unpaired) electrons. The van der Waals surface area contributed by atoms with Gasteiger partial charge in [-0.25, -0.2) is 4.99 Å². The van der Waals surface area contributed by atoms with Crippen LogP contribution in [0.3, 0.4) is 0 Å². The Labute approximate surface area is 125 Å². The van der Waals surface area contributed by atoms with Gasteiger partial charge in [0.2, 0.25) is 0 Å². The Morgan fingerprint density at radius 3 is 2.70 bits per heavy atom. The quantitative estimate of drug-likeness (QED) is 0.888. The van der Waals surface area contributed by atoms with E-state index in [9.17, 15) is 5.11 Å². The third-order valence-electron chi connectivity index (χ3n) is 3.46. The van der Waals surface area contributed by atoms with Crippen molar-refractivity contribution < 1.29 is 9.84 Å². The standard InChI is InChI=1S/C15H13BrN2O2/c1-20-13-5-3-2-4-10(13)15(19)11-8-9(16)6-7-12(11)18-14(15)17/h2-8,19H,1H3,(H2,17,18). The van der Waals surface area contributed by atoms with Crippen molar-refractivity contribution >= 4 is 27.5 Å². The van der Waals surface area contributed by atoms with Crippen LogP contribution >= 0.6 is 15.9 Å². The van der Waals surface area contributed by atoms with E-state index in [2.05, 4.69) is 20.9 Å². The number of hydrogen-bond donors (Lipinski definition) is 2. The molecule has 1 aliphatic rings. The van der Waals surface area contributed by atoms with Crippen LogP contribution in [0.1, 0.15) is 11.1 Å². The summed E-state index contributed by atoms with van der Waals surface area (Å²) >= 11 is 3.41. The van der Waals surface area contributed by atoms with E-state index in [0.717, 1.165) is 4.47 Å². The van der Waals surface area contributed by atoms with E-state index in [1.807, 2.05) is 30.3 Å². The first kappa shape index (κ1) is 13.1. The minimum atomic E-state index is -1.47. The summed E-state index contributed by atoms with van der Waals surface area (Å²) in [7, 11) is 1.56. The summed E-state index contributed by atoms with van der Waals surface area (Å²) in [6.07, 6.45) is 0. The topological polar surface area (TPSA) is 67.8 Å². The number of aliphatic imine (C=N–C) groups is 1. The van der Waals surface area contributed by atoms with E-state index in [1.54, 1.807) is 19.2 Å². The number of hydrogen-bond acceptors (Lipinski definition) is 4. The van der Waals surface area contributed by atoms with Gasteiger partial charge in [-0.1, -0.05) is 34.1 Å². The van der Waals surface area contributed by atoms with Crippen LogP contribution < -0.4 is 10.5 Å². The molecule has 3 rings (SSSR count). The van der Waals surface area contributed by atoms with Gasteiger partial charge in [-0.05, 0) is 24.3 Å². The summed E-state index contributed by atoms with van der Waals surface area (Å²) < 4.78 is 6.19. The van der Waals surface area contributed by atoms with E-state index < -0.39 is 5.60 Å². The monoisotopic (exact) mass is 332 g/mol. The van der Waals surface area contributed by atoms with E-state index in [4.69, 9.17) is 10.5 Å². The van der Waals surface area contributed by atoms with Crippen molar-refractivity contribution in [2.24, 2.45) is 10.7 Å². The molecule has 0 saturated carbocycles. The molecule has 0 amide bonds. The molecule has 1 aliphatic heterocycles. The summed E-state index contributed by atoms with van der Waals surface area (Å²) in [5.74, 6) is 0.719. The van der Waals surface area contributed by atoms with E-state index in [-0.39, 0.29) is 5.84 Å². The predicted molar refractivity (Wildman–Crippen MR) is 81.4 cm³/mol. The molecule has 3 N–H and O–H groups in total. The van der Waals surface area contributed by atoms with Gasteiger partial charge in [0, 0.05) is 15.6 Å². The first-order chi connectivity index (χ1) is 9.57. The van der Waals surface area contributed by atoms with Gasteiger partial charge in [-0.2, -0.15) is 0 Å². The lowest BCUT2D eigenvalue weighted by atomic mass is 9.86. The van der Waals surface area contributed by atoms with Gasteiger partial charge in [0.1, 0.15) is 11.6 Å². The summed E-state index contributed by atoms with van der Waals surface area (Å²) in [5.41, 5.74) is 6.43. The predicted octanol–water partition coefficient (Wildman–Crippen LogP) is 2.70. The van der Waals surface area contributed by atoms with Crippen molar-refractivity contribution in [1.29, 1.82) is 0 Å². The van der Waals surface area contributed by atoms with E-state index in [1.165, 1.54) is 0 Å². The maximum absolute atomic E-state index is 11.2. The molecule has 0 fully saturated rings. The molecule has 20 heavy (non-hydrogen) atoms. The Bertz CT molecular complexity index is 715. The second-order valence-corrected chi connectivity index (χ2v) is 5.48. The van der Waals surface area contributed by atoms with Gasteiger partial charge >= 0.3 is 0 Å². The Morgan fingerprint density at radius 1 is 1.20 bits per heavy atom. The summed E-state index contributed by atoms with van der Waals surface area (Å²) in [6, 6.07) is 12.8. The molecular weight excluding hydrogens is 320 g/mol. The minimum absolute atomic E-state index is 0.148. The van der Waals surface area contributed by atoms with Gasteiger partial charge in [-0.15, -0.1) is 0 Å². The number of aliphatic hydroxyl groups is 1. The number of halogens is 1. The zero-order valence-electron chi connectivity index (χ0n) is 10.8. The van der Waals surface area contributed by atoms with Crippen molar-refractivity contribution in [3.8, 4) is 5.75 Å². The molecular formula is C15H13BrN2O2. The van der Waals surface area contributed by atoms with Gasteiger partial charge in [0.25, 0.3) is 0 Å². The van der Waals surface area contributed by atoms with Crippen molar-refractivity contribution in [3.05, 3.63) is 58.1 Å². The molecule has 2 aromatic carbocycles. The largest absolute Gasteiger partial charge is 0.496 e. The summed E-state index contributed by atoms with van der Waals surface area (Å²) in [5, 5.41) is 11.2. The third-order valence-corrected chi connectivity index (χ3v) is 3.95. The number of rotatable bonds is 2. The average molecular weight is 333 g/mol. The molecule has 0 bridgehead atoms. The van der Waals surface area contributed by atoms with Crippen molar-refractivity contribution in [1.82, 2.24) is 0 Å². The Kier molecular flexibility index (Phi) is 3.03. The van der Waals surface area contributed by atoms with Crippen LogP contribution in [0.25, 0.3) is 0 Å². The first-order valence-corrected chi connectivity index (χ1v) is 6.87. The van der Waals surface area contributed by atoms with Gasteiger partial charge in [-0.3, -0.25) is 0 Å². The molecule has 4 nitrogen and oxygen atoms in total. The zero-order valence-corrected chi connectivity index (χ0v) is 12.4. The third kappa shape index (κ3) is 1.74.